The Kier molecular flexibility index (Phi) is 3.20. The second kappa shape index (κ2) is 4.63. The molecule has 3 heteroatoms. The van der Waals surface area contributed by atoms with Crippen molar-refractivity contribution in [3.8, 4) is 0 Å². The summed E-state index contributed by atoms with van der Waals surface area (Å²) >= 11 is 0. The van der Waals surface area contributed by atoms with Crippen LogP contribution < -0.4 is 5.73 Å². The molecule has 1 atom stereocenters. The van der Waals surface area contributed by atoms with E-state index in [4.69, 9.17) is 5.73 Å². The Labute approximate surface area is 98.9 Å². The summed E-state index contributed by atoms with van der Waals surface area (Å²) in [7, 11) is 0. The molecule has 0 spiro atoms. The van der Waals surface area contributed by atoms with Crippen molar-refractivity contribution < 1.29 is 8.78 Å². The summed E-state index contributed by atoms with van der Waals surface area (Å²) in [4.78, 5) is 0. The third kappa shape index (κ3) is 2.50. The number of aryl methyl sites for hydroxylation is 1. The molecule has 0 fully saturated rings. The van der Waals surface area contributed by atoms with Crippen LogP contribution in [-0.4, -0.2) is 0 Å². The maximum absolute atomic E-state index is 13.6. The first kappa shape index (κ1) is 11.7. The minimum Gasteiger partial charge on any atom is -0.320 e. The predicted molar refractivity (Wildman–Crippen MR) is 63.6 cm³/mol. The molecule has 0 bridgehead atoms. The number of halogens is 2. The van der Waals surface area contributed by atoms with Gasteiger partial charge in [-0.05, 0) is 30.7 Å². The van der Waals surface area contributed by atoms with Crippen LogP contribution in [-0.2, 0) is 0 Å². The zero-order chi connectivity index (χ0) is 12.4. The van der Waals surface area contributed by atoms with Gasteiger partial charge < -0.3 is 5.73 Å². The van der Waals surface area contributed by atoms with Crippen LogP contribution in [0.3, 0.4) is 0 Å². The molecule has 0 heterocycles. The standard InChI is InChI=1S/C14H13F2N/c1-9-3-2-4-10(7-9)14(17)12-8-11(15)5-6-13(12)16/h2-8,14H,17H2,1H3. The van der Waals surface area contributed by atoms with Gasteiger partial charge in [0.15, 0.2) is 0 Å². The molecule has 88 valence electrons. The van der Waals surface area contributed by atoms with Crippen molar-refractivity contribution in [1.82, 2.24) is 0 Å². The highest BCUT2D eigenvalue weighted by Crippen LogP contribution is 2.23. The molecule has 1 nitrogen and oxygen atoms in total. The third-order valence-corrected chi connectivity index (χ3v) is 2.69. The topological polar surface area (TPSA) is 26.0 Å². The van der Waals surface area contributed by atoms with E-state index in [-0.39, 0.29) is 5.56 Å². The number of rotatable bonds is 2. The normalized spacial score (nSPS) is 12.5. The zero-order valence-electron chi connectivity index (χ0n) is 9.45. The lowest BCUT2D eigenvalue weighted by molar-refractivity contribution is 0.576. The van der Waals surface area contributed by atoms with Gasteiger partial charge in [-0.3, -0.25) is 0 Å². The maximum atomic E-state index is 13.6. The Morgan fingerprint density at radius 3 is 2.53 bits per heavy atom. The van der Waals surface area contributed by atoms with Gasteiger partial charge in [0.2, 0.25) is 0 Å². The molecular weight excluding hydrogens is 220 g/mol. The molecule has 2 aromatic carbocycles. The van der Waals surface area contributed by atoms with Gasteiger partial charge in [-0.15, -0.1) is 0 Å². The Morgan fingerprint density at radius 2 is 1.82 bits per heavy atom. The molecule has 2 aromatic rings. The maximum Gasteiger partial charge on any atom is 0.128 e. The Morgan fingerprint density at radius 1 is 1.06 bits per heavy atom. The summed E-state index contributed by atoms with van der Waals surface area (Å²) in [6.07, 6.45) is 0. The minimum atomic E-state index is -0.648. The van der Waals surface area contributed by atoms with Crippen molar-refractivity contribution in [2.75, 3.05) is 0 Å². The Balaban J connectivity index is 2.43. The van der Waals surface area contributed by atoms with Crippen molar-refractivity contribution in [3.63, 3.8) is 0 Å². The fourth-order valence-corrected chi connectivity index (χ4v) is 1.80. The van der Waals surface area contributed by atoms with Crippen molar-refractivity contribution >= 4 is 0 Å². The highest BCUT2D eigenvalue weighted by molar-refractivity contribution is 5.34. The highest BCUT2D eigenvalue weighted by Gasteiger charge is 2.14. The summed E-state index contributed by atoms with van der Waals surface area (Å²) in [5.41, 5.74) is 7.93. The van der Waals surface area contributed by atoms with E-state index < -0.39 is 17.7 Å². The first-order chi connectivity index (χ1) is 8.08. The molecule has 0 radical (unpaired) electrons. The molecule has 0 aliphatic rings. The molecule has 0 saturated carbocycles. The molecule has 2 N–H and O–H groups in total. The van der Waals surface area contributed by atoms with Gasteiger partial charge in [-0.25, -0.2) is 8.78 Å². The molecule has 0 aliphatic carbocycles. The quantitative estimate of drug-likeness (QED) is 0.846. The number of nitrogens with two attached hydrogens (primary N) is 1. The zero-order valence-corrected chi connectivity index (χ0v) is 9.45. The van der Waals surface area contributed by atoms with Crippen LogP contribution in [0.1, 0.15) is 22.7 Å². The van der Waals surface area contributed by atoms with Crippen LogP contribution in [0.4, 0.5) is 8.78 Å². The van der Waals surface area contributed by atoms with Crippen molar-refractivity contribution in [2.45, 2.75) is 13.0 Å². The van der Waals surface area contributed by atoms with Crippen LogP contribution >= 0.6 is 0 Å². The van der Waals surface area contributed by atoms with Crippen LogP contribution in [0.15, 0.2) is 42.5 Å². The van der Waals surface area contributed by atoms with E-state index in [0.29, 0.717) is 0 Å². The van der Waals surface area contributed by atoms with Gasteiger partial charge in [0.25, 0.3) is 0 Å². The molecule has 0 aliphatic heterocycles. The number of hydrogen-bond donors (Lipinski definition) is 1. The van der Waals surface area contributed by atoms with Crippen LogP contribution in [0.5, 0.6) is 0 Å². The van der Waals surface area contributed by atoms with E-state index in [0.717, 1.165) is 29.3 Å². The van der Waals surface area contributed by atoms with Crippen molar-refractivity contribution in [3.05, 3.63) is 70.8 Å². The summed E-state index contributed by atoms with van der Waals surface area (Å²) in [5, 5.41) is 0. The Bertz CT molecular complexity index is 537. The average molecular weight is 233 g/mol. The van der Waals surface area contributed by atoms with Gasteiger partial charge in [0, 0.05) is 5.56 Å². The smallest absolute Gasteiger partial charge is 0.128 e. The molecule has 2 rings (SSSR count). The van der Waals surface area contributed by atoms with E-state index in [9.17, 15) is 8.78 Å². The SMILES string of the molecule is Cc1cccc(C(N)c2cc(F)ccc2F)c1. The van der Waals surface area contributed by atoms with E-state index in [1.54, 1.807) is 0 Å². The van der Waals surface area contributed by atoms with Crippen LogP contribution in [0, 0.1) is 18.6 Å². The fourth-order valence-electron chi connectivity index (χ4n) is 1.80. The highest BCUT2D eigenvalue weighted by atomic mass is 19.1. The lowest BCUT2D eigenvalue weighted by Crippen LogP contribution is -2.14. The molecule has 1 unspecified atom stereocenters. The predicted octanol–water partition coefficient (Wildman–Crippen LogP) is 3.32. The summed E-state index contributed by atoms with van der Waals surface area (Å²) < 4.78 is 26.6. The summed E-state index contributed by atoms with van der Waals surface area (Å²) in [6, 6.07) is 10.1. The van der Waals surface area contributed by atoms with Gasteiger partial charge in [-0.2, -0.15) is 0 Å². The monoisotopic (exact) mass is 233 g/mol. The summed E-state index contributed by atoms with van der Waals surface area (Å²) in [5.74, 6) is -0.968. The van der Waals surface area contributed by atoms with Gasteiger partial charge in [0.05, 0.1) is 6.04 Å². The number of benzene rings is 2. The molecule has 0 saturated heterocycles. The van der Waals surface area contributed by atoms with Gasteiger partial charge >= 0.3 is 0 Å². The van der Waals surface area contributed by atoms with Gasteiger partial charge in [0.1, 0.15) is 11.6 Å². The fraction of sp³-hybridized carbons (Fsp3) is 0.143. The van der Waals surface area contributed by atoms with Crippen LogP contribution in [0.2, 0.25) is 0 Å². The molecule has 17 heavy (non-hydrogen) atoms. The average Bonchev–Trinajstić information content (AvgIpc) is 2.31. The lowest BCUT2D eigenvalue weighted by Gasteiger charge is -2.14. The number of hydrogen-bond acceptors (Lipinski definition) is 1. The second-order valence-electron chi connectivity index (χ2n) is 4.06. The van der Waals surface area contributed by atoms with E-state index >= 15 is 0 Å². The van der Waals surface area contributed by atoms with Crippen molar-refractivity contribution in [1.29, 1.82) is 0 Å². The van der Waals surface area contributed by atoms with Crippen LogP contribution in [0.25, 0.3) is 0 Å². The van der Waals surface area contributed by atoms with Gasteiger partial charge in [-0.1, -0.05) is 29.8 Å². The lowest BCUT2D eigenvalue weighted by atomic mass is 9.98. The molecule has 0 aromatic heterocycles. The second-order valence-corrected chi connectivity index (χ2v) is 4.06. The third-order valence-electron chi connectivity index (χ3n) is 2.69. The van der Waals surface area contributed by atoms with E-state index in [1.165, 1.54) is 0 Å². The minimum absolute atomic E-state index is 0.176. The first-order valence-corrected chi connectivity index (χ1v) is 5.35. The molecular formula is C14H13F2N. The Hall–Kier alpha value is -1.74. The largest absolute Gasteiger partial charge is 0.320 e. The first-order valence-electron chi connectivity index (χ1n) is 5.35. The van der Waals surface area contributed by atoms with Crippen molar-refractivity contribution in [2.24, 2.45) is 5.73 Å². The van der Waals surface area contributed by atoms with E-state index in [1.807, 2.05) is 31.2 Å². The van der Waals surface area contributed by atoms with E-state index in [2.05, 4.69) is 0 Å². The summed E-state index contributed by atoms with van der Waals surface area (Å²) in [6.45, 7) is 1.93. The molecule has 0 amide bonds.